The summed E-state index contributed by atoms with van der Waals surface area (Å²) in [6.45, 7) is 1.77. The number of benzene rings is 1. The number of aliphatic hydroxyl groups excluding tert-OH is 1. The van der Waals surface area contributed by atoms with Crippen molar-refractivity contribution >= 4 is 15.9 Å². The average Bonchev–Trinajstić information content (AvgIpc) is 2.37. The first kappa shape index (κ1) is 15.0. The summed E-state index contributed by atoms with van der Waals surface area (Å²) in [6, 6.07) is 5.38. The van der Waals surface area contributed by atoms with Crippen LogP contribution >= 0.6 is 15.9 Å². The lowest BCUT2D eigenvalue weighted by Crippen LogP contribution is -2.09. The van der Waals surface area contributed by atoms with Crippen LogP contribution in [0.2, 0.25) is 0 Å². The van der Waals surface area contributed by atoms with Crippen molar-refractivity contribution in [1.29, 1.82) is 0 Å². The van der Waals surface area contributed by atoms with Crippen molar-refractivity contribution in [1.82, 2.24) is 4.98 Å². The number of aliphatic hydroxyl groups is 1. The zero-order valence-corrected chi connectivity index (χ0v) is 12.0. The molecular formula is C14H11BrF3NO. The van der Waals surface area contributed by atoms with Gasteiger partial charge >= 0.3 is 6.18 Å². The lowest BCUT2D eigenvalue weighted by atomic mass is 9.98. The molecular weight excluding hydrogens is 335 g/mol. The van der Waals surface area contributed by atoms with E-state index in [0.717, 1.165) is 11.6 Å². The van der Waals surface area contributed by atoms with Crippen LogP contribution in [-0.2, 0) is 6.18 Å². The van der Waals surface area contributed by atoms with Crippen molar-refractivity contribution in [3.63, 3.8) is 0 Å². The third-order valence-electron chi connectivity index (χ3n) is 2.99. The molecule has 1 aromatic carbocycles. The molecule has 1 N–H and O–H groups in total. The van der Waals surface area contributed by atoms with E-state index in [-0.39, 0.29) is 10.0 Å². The highest BCUT2D eigenvalue weighted by atomic mass is 79.9. The van der Waals surface area contributed by atoms with Crippen LogP contribution in [0.4, 0.5) is 13.2 Å². The third kappa shape index (κ3) is 3.02. The number of rotatable bonds is 2. The van der Waals surface area contributed by atoms with Gasteiger partial charge in [0.15, 0.2) is 0 Å². The fourth-order valence-corrected chi connectivity index (χ4v) is 2.34. The summed E-state index contributed by atoms with van der Waals surface area (Å²) in [5.41, 5.74) is 0.624. The summed E-state index contributed by atoms with van der Waals surface area (Å²) < 4.78 is 38.5. The Balaban J connectivity index is 2.46. The van der Waals surface area contributed by atoms with Crippen molar-refractivity contribution in [3.8, 4) is 0 Å². The topological polar surface area (TPSA) is 33.1 Å². The van der Waals surface area contributed by atoms with Crippen LogP contribution in [0.5, 0.6) is 0 Å². The quantitative estimate of drug-likeness (QED) is 0.882. The number of hydrogen-bond donors (Lipinski definition) is 1. The van der Waals surface area contributed by atoms with Gasteiger partial charge in [0.05, 0.1) is 5.56 Å². The number of pyridine rings is 1. The Labute approximate surface area is 122 Å². The number of aryl methyl sites for hydroxylation is 1. The van der Waals surface area contributed by atoms with E-state index in [1.54, 1.807) is 19.2 Å². The van der Waals surface area contributed by atoms with Crippen LogP contribution in [0.25, 0.3) is 0 Å². The Morgan fingerprint density at radius 2 is 1.95 bits per heavy atom. The van der Waals surface area contributed by atoms with E-state index in [9.17, 15) is 18.3 Å². The molecule has 0 saturated carbocycles. The highest BCUT2D eigenvalue weighted by molar-refractivity contribution is 9.10. The predicted molar refractivity (Wildman–Crippen MR) is 72.2 cm³/mol. The second-order valence-electron chi connectivity index (χ2n) is 4.37. The van der Waals surface area contributed by atoms with E-state index < -0.39 is 17.8 Å². The molecule has 0 fully saturated rings. The van der Waals surface area contributed by atoms with Crippen LogP contribution in [0.1, 0.15) is 28.4 Å². The Kier molecular flexibility index (Phi) is 4.15. The van der Waals surface area contributed by atoms with E-state index in [1.165, 1.54) is 18.3 Å². The molecule has 0 radical (unpaired) electrons. The minimum absolute atomic E-state index is 0.0520. The monoisotopic (exact) mass is 345 g/mol. The molecule has 0 aliphatic rings. The van der Waals surface area contributed by atoms with Gasteiger partial charge in [0.1, 0.15) is 6.10 Å². The first-order valence-corrected chi connectivity index (χ1v) is 6.55. The van der Waals surface area contributed by atoms with Gasteiger partial charge in [-0.2, -0.15) is 13.2 Å². The second kappa shape index (κ2) is 5.54. The van der Waals surface area contributed by atoms with Gasteiger partial charge in [0.2, 0.25) is 0 Å². The van der Waals surface area contributed by atoms with Gasteiger partial charge in [0.25, 0.3) is 0 Å². The van der Waals surface area contributed by atoms with E-state index in [0.29, 0.717) is 5.56 Å². The van der Waals surface area contributed by atoms with Gasteiger partial charge in [-0.25, -0.2) is 0 Å². The van der Waals surface area contributed by atoms with Crippen LogP contribution in [0.3, 0.4) is 0 Å². The number of nitrogens with zero attached hydrogens (tertiary/aromatic N) is 1. The smallest absolute Gasteiger partial charge is 0.384 e. The number of hydrogen-bond acceptors (Lipinski definition) is 2. The SMILES string of the molecule is Cc1ccncc1C(O)c1ccc(Br)c(C(F)(F)F)c1. The zero-order chi connectivity index (χ0) is 14.9. The molecule has 0 spiro atoms. The van der Waals surface area contributed by atoms with E-state index >= 15 is 0 Å². The maximum atomic E-state index is 12.8. The molecule has 0 aliphatic heterocycles. The molecule has 0 bridgehead atoms. The summed E-state index contributed by atoms with van der Waals surface area (Å²) in [5, 5.41) is 10.2. The molecule has 2 nitrogen and oxygen atoms in total. The highest BCUT2D eigenvalue weighted by Crippen LogP contribution is 2.37. The molecule has 2 rings (SSSR count). The zero-order valence-electron chi connectivity index (χ0n) is 10.4. The highest BCUT2D eigenvalue weighted by Gasteiger charge is 2.33. The molecule has 6 heteroatoms. The molecule has 1 aromatic heterocycles. The molecule has 0 amide bonds. The van der Waals surface area contributed by atoms with Crippen LogP contribution < -0.4 is 0 Å². The van der Waals surface area contributed by atoms with Crippen LogP contribution in [0.15, 0.2) is 41.1 Å². The Hall–Kier alpha value is -1.40. The minimum atomic E-state index is -4.47. The van der Waals surface area contributed by atoms with Gasteiger partial charge in [-0.15, -0.1) is 0 Å². The van der Waals surface area contributed by atoms with Gasteiger partial charge in [0, 0.05) is 22.4 Å². The fourth-order valence-electron chi connectivity index (χ4n) is 1.87. The summed E-state index contributed by atoms with van der Waals surface area (Å²) in [5.74, 6) is 0. The molecule has 1 heterocycles. The number of aromatic nitrogens is 1. The summed E-state index contributed by atoms with van der Waals surface area (Å²) in [6.07, 6.45) is -2.60. The molecule has 0 saturated heterocycles. The molecule has 2 aromatic rings. The van der Waals surface area contributed by atoms with Crippen LogP contribution in [-0.4, -0.2) is 10.1 Å². The van der Waals surface area contributed by atoms with E-state index in [4.69, 9.17) is 0 Å². The molecule has 1 unspecified atom stereocenters. The second-order valence-corrected chi connectivity index (χ2v) is 5.23. The normalized spacial score (nSPS) is 13.3. The van der Waals surface area contributed by atoms with E-state index in [2.05, 4.69) is 20.9 Å². The third-order valence-corrected chi connectivity index (χ3v) is 3.68. The maximum Gasteiger partial charge on any atom is 0.417 e. The van der Waals surface area contributed by atoms with Crippen molar-refractivity contribution < 1.29 is 18.3 Å². The van der Waals surface area contributed by atoms with Crippen LogP contribution in [0, 0.1) is 6.92 Å². The Morgan fingerprint density at radius 1 is 1.25 bits per heavy atom. The first-order chi connectivity index (χ1) is 9.30. The minimum Gasteiger partial charge on any atom is -0.384 e. The number of halogens is 4. The first-order valence-electron chi connectivity index (χ1n) is 5.76. The van der Waals surface area contributed by atoms with Gasteiger partial charge in [-0.3, -0.25) is 4.98 Å². The Bertz CT molecular complexity index is 628. The van der Waals surface area contributed by atoms with Gasteiger partial charge in [-0.1, -0.05) is 22.0 Å². The Morgan fingerprint density at radius 3 is 2.55 bits per heavy atom. The maximum absolute atomic E-state index is 12.8. The lowest BCUT2D eigenvalue weighted by molar-refractivity contribution is -0.138. The van der Waals surface area contributed by atoms with E-state index in [1.807, 2.05) is 0 Å². The van der Waals surface area contributed by atoms with Gasteiger partial charge < -0.3 is 5.11 Å². The standard InChI is InChI=1S/C14H11BrF3NO/c1-8-4-5-19-7-10(8)13(20)9-2-3-12(15)11(6-9)14(16,17)18/h2-7,13,20H,1H3. The van der Waals surface area contributed by atoms with Gasteiger partial charge in [-0.05, 0) is 36.2 Å². The van der Waals surface area contributed by atoms with Crippen molar-refractivity contribution in [2.24, 2.45) is 0 Å². The summed E-state index contributed by atoms with van der Waals surface area (Å²) in [4.78, 5) is 3.89. The van der Waals surface area contributed by atoms with Crippen molar-refractivity contribution in [3.05, 3.63) is 63.4 Å². The van der Waals surface area contributed by atoms with Crippen molar-refractivity contribution in [2.45, 2.75) is 19.2 Å². The molecule has 20 heavy (non-hydrogen) atoms. The average molecular weight is 346 g/mol. The largest absolute Gasteiger partial charge is 0.417 e. The summed E-state index contributed by atoms with van der Waals surface area (Å²) in [7, 11) is 0. The predicted octanol–water partition coefficient (Wildman–Crippen LogP) is 4.25. The molecule has 1 atom stereocenters. The number of alkyl halides is 3. The molecule has 106 valence electrons. The fraction of sp³-hybridized carbons (Fsp3) is 0.214. The van der Waals surface area contributed by atoms with Crippen molar-refractivity contribution in [2.75, 3.05) is 0 Å². The molecule has 0 aliphatic carbocycles. The summed E-state index contributed by atoms with van der Waals surface area (Å²) >= 11 is 2.87. The lowest BCUT2D eigenvalue weighted by Gasteiger charge is -2.16.